The minimum atomic E-state index is 0.0424. The maximum Gasteiger partial charge on any atom is 0.254 e. The van der Waals surface area contributed by atoms with E-state index in [-0.39, 0.29) is 11.9 Å². The number of carbonyl (C=O) groups is 1. The minimum absolute atomic E-state index is 0.0424. The molecule has 6 heteroatoms. The van der Waals surface area contributed by atoms with Crippen LogP contribution in [-0.2, 0) is 4.74 Å². The van der Waals surface area contributed by atoms with E-state index in [2.05, 4.69) is 0 Å². The Morgan fingerprint density at radius 3 is 2.64 bits per heavy atom. The van der Waals surface area contributed by atoms with Crippen LogP contribution in [0.2, 0.25) is 0 Å². The van der Waals surface area contributed by atoms with Crippen molar-refractivity contribution in [1.82, 2.24) is 4.90 Å². The Balaban J connectivity index is 1.48. The largest absolute Gasteiger partial charge is 0.491 e. The molecule has 1 atom stereocenters. The second-order valence-electron chi connectivity index (χ2n) is 6.93. The summed E-state index contributed by atoms with van der Waals surface area (Å²) >= 11 is 0. The highest BCUT2D eigenvalue weighted by atomic mass is 16.6. The molecule has 4 rings (SSSR count). The SMILES string of the molecule is COCCOc1ccc(C(=O)N2CCCC2c2ccc3c(c2)OCCO3)cc1. The number of rotatable bonds is 6. The van der Waals surface area contributed by atoms with E-state index in [4.69, 9.17) is 18.9 Å². The fourth-order valence-corrected chi connectivity index (χ4v) is 3.73. The Morgan fingerprint density at radius 2 is 1.86 bits per heavy atom. The number of amides is 1. The topological polar surface area (TPSA) is 57.2 Å². The third-order valence-electron chi connectivity index (χ3n) is 5.12. The Bertz CT molecular complexity index is 820. The fraction of sp³-hybridized carbons (Fsp3) is 0.409. The van der Waals surface area contributed by atoms with Gasteiger partial charge in [-0.25, -0.2) is 0 Å². The van der Waals surface area contributed by atoms with Crippen LogP contribution in [0.1, 0.15) is 34.8 Å². The number of fused-ring (bicyclic) bond motifs is 1. The van der Waals surface area contributed by atoms with Crippen molar-refractivity contribution in [2.75, 3.05) is 40.1 Å². The lowest BCUT2D eigenvalue weighted by Crippen LogP contribution is -2.30. The molecular formula is C22H25NO5. The van der Waals surface area contributed by atoms with Crippen molar-refractivity contribution in [1.29, 1.82) is 0 Å². The number of hydrogen-bond acceptors (Lipinski definition) is 5. The first-order valence-corrected chi connectivity index (χ1v) is 9.68. The first kappa shape index (κ1) is 18.6. The van der Waals surface area contributed by atoms with Gasteiger partial charge in [0.25, 0.3) is 5.91 Å². The number of likely N-dealkylation sites (tertiary alicyclic amines) is 1. The quantitative estimate of drug-likeness (QED) is 0.715. The summed E-state index contributed by atoms with van der Waals surface area (Å²) in [4.78, 5) is 15.1. The second-order valence-corrected chi connectivity index (χ2v) is 6.93. The van der Waals surface area contributed by atoms with E-state index in [0.717, 1.165) is 42.2 Å². The molecule has 148 valence electrons. The van der Waals surface area contributed by atoms with Crippen LogP contribution < -0.4 is 14.2 Å². The van der Waals surface area contributed by atoms with Gasteiger partial charge in [0.2, 0.25) is 0 Å². The number of benzene rings is 2. The Labute approximate surface area is 165 Å². The van der Waals surface area contributed by atoms with E-state index < -0.39 is 0 Å². The fourth-order valence-electron chi connectivity index (χ4n) is 3.73. The summed E-state index contributed by atoms with van der Waals surface area (Å²) in [6.45, 7) is 2.91. The van der Waals surface area contributed by atoms with E-state index in [0.29, 0.717) is 32.0 Å². The van der Waals surface area contributed by atoms with E-state index in [1.807, 2.05) is 47.4 Å². The molecule has 2 aromatic rings. The molecule has 2 heterocycles. The summed E-state index contributed by atoms with van der Waals surface area (Å²) in [5.74, 6) is 2.31. The lowest BCUT2D eigenvalue weighted by atomic mass is 10.0. The van der Waals surface area contributed by atoms with Crippen LogP contribution in [-0.4, -0.2) is 50.9 Å². The standard InChI is InChI=1S/C22H25NO5/c1-25-11-12-26-18-7-4-16(5-8-18)22(24)23-10-2-3-19(23)17-6-9-20-21(15-17)28-14-13-27-20/h4-9,15,19H,2-3,10-14H2,1H3. The monoisotopic (exact) mass is 383 g/mol. The van der Waals surface area contributed by atoms with Gasteiger partial charge in [-0.1, -0.05) is 6.07 Å². The van der Waals surface area contributed by atoms with Gasteiger partial charge in [0, 0.05) is 19.2 Å². The lowest BCUT2D eigenvalue weighted by molar-refractivity contribution is 0.0735. The molecule has 0 N–H and O–H groups in total. The predicted molar refractivity (Wildman–Crippen MR) is 104 cm³/mol. The molecular weight excluding hydrogens is 358 g/mol. The Kier molecular flexibility index (Phi) is 5.67. The predicted octanol–water partition coefficient (Wildman–Crippen LogP) is 3.46. The second kappa shape index (κ2) is 8.52. The zero-order valence-electron chi connectivity index (χ0n) is 16.1. The van der Waals surface area contributed by atoms with Gasteiger partial charge in [0.15, 0.2) is 11.5 Å². The maximum absolute atomic E-state index is 13.1. The molecule has 1 fully saturated rings. The number of hydrogen-bond donors (Lipinski definition) is 0. The Morgan fingerprint density at radius 1 is 1.07 bits per heavy atom. The third kappa shape index (κ3) is 3.92. The highest BCUT2D eigenvalue weighted by Crippen LogP contribution is 2.38. The number of ether oxygens (including phenoxy) is 4. The zero-order chi connectivity index (χ0) is 19.3. The van der Waals surface area contributed by atoms with Gasteiger partial charge in [-0.15, -0.1) is 0 Å². The summed E-state index contributed by atoms with van der Waals surface area (Å²) in [5, 5.41) is 0. The molecule has 0 aromatic heterocycles. The van der Waals surface area contributed by atoms with Crippen molar-refractivity contribution < 1.29 is 23.7 Å². The van der Waals surface area contributed by atoms with E-state index in [1.54, 1.807) is 7.11 Å². The van der Waals surface area contributed by atoms with Crippen molar-refractivity contribution >= 4 is 5.91 Å². The Hall–Kier alpha value is -2.73. The molecule has 0 bridgehead atoms. The lowest BCUT2D eigenvalue weighted by Gasteiger charge is -2.27. The first-order valence-electron chi connectivity index (χ1n) is 9.68. The van der Waals surface area contributed by atoms with Gasteiger partial charge in [0.05, 0.1) is 12.6 Å². The average Bonchev–Trinajstić information content (AvgIpc) is 3.23. The van der Waals surface area contributed by atoms with Crippen LogP contribution >= 0.6 is 0 Å². The van der Waals surface area contributed by atoms with Crippen LogP contribution in [0.15, 0.2) is 42.5 Å². The van der Waals surface area contributed by atoms with Gasteiger partial charge < -0.3 is 23.8 Å². The van der Waals surface area contributed by atoms with Crippen molar-refractivity contribution in [3.8, 4) is 17.2 Å². The molecule has 0 radical (unpaired) electrons. The molecule has 0 saturated carbocycles. The van der Waals surface area contributed by atoms with E-state index >= 15 is 0 Å². The third-order valence-corrected chi connectivity index (χ3v) is 5.12. The average molecular weight is 383 g/mol. The smallest absolute Gasteiger partial charge is 0.254 e. The van der Waals surface area contributed by atoms with Crippen molar-refractivity contribution in [3.05, 3.63) is 53.6 Å². The van der Waals surface area contributed by atoms with Gasteiger partial charge >= 0.3 is 0 Å². The number of carbonyl (C=O) groups excluding carboxylic acids is 1. The van der Waals surface area contributed by atoms with Gasteiger partial charge in [-0.05, 0) is 54.8 Å². The summed E-state index contributed by atoms with van der Waals surface area (Å²) in [6.07, 6.45) is 1.94. The van der Waals surface area contributed by atoms with E-state index in [9.17, 15) is 4.79 Å². The number of nitrogens with zero attached hydrogens (tertiary/aromatic N) is 1. The van der Waals surface area contributed by atoms with Crippen LogP contribution in [0.5, 0.6) is 17.2 Å². The summed E-state index contributed by atoms with van der Waals surface area (Å²) in [7, 11) is 1.64. The molecule has 6 nitrogen and oxygen atoms in total. The summed E-state index contributed by atoms with van der Waals surface area (Å²) in [6, 6.07) is 13.4. The van der Waals surface area contributed by atoms with Crippen molar-refractivity contribution in [2.45, 2.75) is 18.9 Å². The molecule has 1 amide bonds. The molecule has 28 heavy (non-hydrogen) atoms. The van der Waals surface area contributed by atoms with Gasteiger partial charge in [0.1, 0.15) is 25.6 Å². The molecule has 0 spiro atoms. The van der Waals surface area contributed by atoms with Crippen LogP contribution in [0.25, 0.3) is 0 Å². The normalized spacial score (nSPS) is 18.2. The first-order chi connectivity index (χ1) is 13.8. The molecule has 1 saturated heterocycles. The molecule has 2 aromatic carbocycles. The van der Waals surface area contributed by atoms with Crippen molar-refractivity contribution in [3.63, 3.8) is 0 Å². The highest BCUT2D eigenvalue weighted by Gasteiger charge is 2.31. The number of methoxy groups -OCH3 is 1. The molecule has 2 aliphatic rings. The highest BCUT2D eigenvalue weighted by molar-refractivity contribution is 5.94. The zero-order valence-corrected chi connectivity index (χ0v) is 16.1. The summed E-state index contributed by atoms with van der Waals surface area (Å²) < 4.78 is 21.9. The van der Waals surface area contributed by atoms with Crippen LogP contribution in [0.4, 0.5) is 0 Å². The molecule has 0 aliphatic carbocycles. The molecule has 1 unspecified atom stereocenters. The van der Waals surface area contributed by atoms with E-state index in [1.165, 1.54) is 0 Å². The van der Waals surface area contributed by atoms with Crippen LogP contribution in [0, 0.1) is 0 Å². The minimum Gasteiger partial charge on any atom is -0.491 e. The summed E-state index contributed by atoms with van der Waals surface area (Å²) in [5.41, 5.74) is 1.76. The van der Waals surface area contributed by atoms with Gasteiger partial charge in [-0.3, -0.25) is 4.79 Å². The maximum atomic E-state index is 13.1. The van der Waals surface area contributed by atoms with Crippen molar-refractivity contribution in [2.24, 2.45) is 0 Å². The van der Waals surface area contributed by atoms with Crippen LogP contribution in [0.3, 0.4) is 0 Å². The molecule has 2 aliphatic heterocycles. The van der Waals surface area contributed by atoms with Gasteiger partial charge in [-0.2, -0.15) is 0 Å².